The van der Waals surface area contributed by atoms with Gasteiger partial charge in [-0.1, -0.05) is 53.7 Å². The van der Waals surface area contributed by atoms with Crippen molar-refractivity contribution in [3.63, 3.8) is 0 Å². The zero-order valence-corrected chi connectivity index (χ0v) is 18.7. The number of carboxylic acid groups (broad SMARTS) is 1. The minimum atomic E-state index is -0.841. The van der Waals surface area contributed by atoms with Crippen molar-refractivity contribution in [1.82, 2.24) is 0 Å². The summed E-state index contributed by atoms with van der Waals surface area (Å²) in [5.41, 5.74) is 3.45. The van der Waals surface area contributed by atoms with Crippen molar-refractivity contribution in [1.29, 1.82) is 0 Å². The second-order valence-corrected chi connectivity index (χ2v) is 7.18. The van der Waals surface area contributed by atoms with Gasteiger partial charge in [-0.2, -0.15) is 0 Å². The van der Waals surface area contributed by atoms with Gasteiger partial charge in [-0.3, -0.25) is 4.79 Å². The molecule has 3 rings (SSSR count). The summed E-state index contributed by atoms with van der Waals surface area (Å²) < 4.78 is 17.1. The predicted octanol–water partition coefficient (Wildman–Crippen LogP) is 4.72. The summed E-state index contributed by atoms with van der Waals surface area (Å²) in [5, 5.41) is 12.9. The molecule has 0 aromatic heterocycles. The highest BCUT2D eigenvalue weighted by molar-refractivity contribution is 6.01. The Morgan fingerprint density at radius 2 is 1.64 bits per heavy atom. The van der Waals surface area contributed by atoms with Gasteiger partial charge in [0.15, 0.2) is 0 Å². The van der Waals surface area contributed by atoms with Crippen molar-refractivity contribution in [2.24, 2.45) is 5.16 Å². The Morgan fingerprint density at radius 1 is 0.909 bits per heavy atom. The molecule has 7 nitrogen and oxygen atoms in total. The third-order valence-corrected chi connectivity index (χ3v) is 4.88. The number of aryl methyl sites for hydroxylation is 1. The molecular weight excluding hydrogens is 422 g/mol. The first-order valence-electron chi connectivity index (χ1n) is 10.5. The summed E-state index contributed by atoms with van der Waals surface area (Å²) in [6, 6.07) is 22.8. The normalized spacial score (nSPS) is 11.0. The summed E-state index contributed by atoms with van der Waals surface area (Å²) in [5.74, 6) is 1.13. The minimum Gasteiger partial charge on any atom is -0.496 e. The molecule has 7 heteroatoms. The van der Waals surface area contributed by atoms with Crippen LogP contribution in [0.25, 0.3) is 0 Å². The molecule has 33 heavy (non-hydrogen) atoms. The number of nitrogens with zero attached hydrogens (tertiary/aromatic N) is 1. The predicted molar refractivity (Wildman–Crippen MR) is 125 cm³/mol. The van der Waals surface area contributed by atoms with E-state index in [0.29, 0.717) is 36.0 Å². The van der Waals surface area contributed by atoms with E-state index in [9.17, 15) is 4.79 Å². The summed E-state index contributed by atoms with van der Waals surface area (Å²) in [4.78, 5) is 15.7. The number of carbonyl (C=O) groups is 1. The van der Waals surface area contributed by atoms with Crippen molar-refractivity contribution in [3.05, 3.63) is 89.5 Å². The van der Waals surface area contributed by atoms with Crippen molar-refractivity contribution in [3.8, 4) is 17.2 Å². The largest absolute Gasteiger partial charge is 0.496 e. The van der Waals surface area contributed by atoms with E-state index in [2.05, 4.69) is 5.16 Å². The third-order valence-electron chi connectivity index (χ3n) is 4.88. The first-order chi connectivity index (χ1) is 16.1. The third kappa shape index (κ3) is 7.28. The molecule has 0 spiro atoms. The van der Waals surface area contributed by atoms with E-state index in [-0.39, 0.29) is 13.0 Å². The van der Waals surface area contributed by atoms with Crippen LogP contribution < -0.4 is 14.2 Å². The van der Waals surface area contributed by atoms with Crippen LogP contribution >= 0.6 is 0 Å². The maximum absolute atomic E-state index is 10.8. The number of rotatable bonds is 12. The highest BCUT2D eigenvalue weighted by Gasteiger charge is 2.09. The molecule has 0 atom stereocenters. The molecular formula is C26H27NO6. The summed E-state index contributed by atoms with van der Waals surface area (Å²) in [6.07, 6.45) is 0.455. The number of oxime groups is 1. The van der Waals surface area contributed by atoms with E-state index >= 15 is 0 Å². The minimum absolute atomic E-state index is 0.0507. The number of methoxy groups -OCH3 is 1. The van der Waals surface area contributed by atoms with E-state index in [1.165, 1.54) is 7.11 Å². The Labute approximate surface area is 193 Å². The highest BCUT2D eigenvalue weighted by Crippen LogP contribution is 2.26. The Kier molecular flexibility index (Phi) is 8.71. The fourth-order valence-corrected chi connectivity index (χ4v) is 3.17. The van der Waals surface area contributed by atoms with Gasteiger partial charge in [-0.25, -0.2) is 0 Å². The Bertz CT molecular complexity index is 1060. The van der Waals surface area contributed by atoms with Crippen LogP contribution in [0.3, 0.4) is 0 Å². The smallest absolute Gasteiger partial charge is 0.303 e. The number of carboxylic acids is 1. The first-order valence-corrected chi connectivity index (χ1v) is 10.5. The zero-order chi connectivity index (χ0) is 23.5. The molecule has 172 valence electrons. The molecule has 0 aliphatic rings. The van der Waals surface area contributed by atoms with Crippen LogP contribution in [0, 0.1) is 0 Å². The highest BCUT2D eigenvalue weighted by atomic mass is 16.6. The summed E-state index contributed by atoms with van der Waals surface area (Å²) >= 11 is 0. The monoisotopic (exact) mass is 449 g/mol. The first kappa shape index (κ1) is 23.7. The van der Waals surface area contributed by atoms with Gasteiger partial charge in [-0.05, 0) is 35.7 Å². The van der Waals surface area contributed by atoms with Gasteiger partial charge in [-0.15, -0.1) is 0 Å². The lowest BCUT2D eigenvalue weighted by atomic mass is 10.1. The SMILES string of the molecule is CO/N=C(/COc1ccc(COc2ccc(CCC(=O)O)c(OC)c2)cc1)c1ccccc1. The van der Waals surface area contributed by atoms with Crippen LogP contribution in [0.2, 0.25) is 0 Å². The van der Waals surface area contributed by atoms with E-state index in [4.69, 9.17) is 24.2 Å². The lowest BCUT2D eigenvalue weighted by Crippen LogP contribution is -2.13. The molecule has 0 saturated carbocycles. The topological polar surface area (TPSA) is 86.6 Å². The lowest BCUT2D eigenvalue weighted by molar-refractivity contribution is -0.136. The molecule has 0 saturated heterocycles. The van der Waals surface area contributed by atoms with Crippen LogP contribution in [0.15, 0.2) is 78.0 Å². The molecule has 0 bridgehead atoms. The second-order valence-electron chi connectivity index (χ2n) is 7.18. The molecule has 3 aromatic carbocycles. The van der Waals surface area contributed by atoms with Crippen molar-refractivity contribution >= 4 is 11.7 Å². The van der Waals surface area contributed by atoms with Crippen LogP contribution in [0.5, 0.6) is 17.2 Å². The van der Waals surface area contributed by atoms with Crippen molar-refractivity contribution in [2.45, 2.75) is 19.4 Å². The van der Waals surface area contributed by atoms with Gasteiger partial charge < -0.3 is 24.2 Å². The summed E-state index contributed by atoms with van der Waals surface area (Å²) in [6.45, 7) is 0.653. The zero-order valence-electron chi connectivity index (χ0n) is 18.7. The average molecular weight is 450 g/mol. The van der Waals surface area contributed by atoms with Gasteiger partial charge in [0.2, 0.25) is 0 Å². The van der Waals surface area contributed by atoms with Crippen LogP contribution in [0.1, 0.15) is 23.1 Å². The quantitative estimate of drug-likeness (QED) is 0.318. The van der Waals surface area contributed by atoms with E-state index in [1.54, 1.807) is 13.2 Å². The van der Waals surface area contributed by atoms with Crippen LogP contribution in [-0.4, -0.2) is 37.6 Å². The molecule has 0 unspecified atom stereocenters. The molecule has 0 fully saturated rings. The number of benzene rings is 3. The maximum atomic E-state index is 10.8. The Balaban J connectivity index is 1.55. The average Bonchev–Trinajstić information content (AvgIpc) is 2.85. The fraction of sp³-hybridized carbons (Fsp3) is 0.231. The molecule has 0 amide bonds. The Morgan fingerprint density at radius 3 is 2.30 bits per heavy atom. The molecule has 1 N–H and O–H groups in total. The van der Waals surface area contributed by atoms with Crippen molar-refractivity contribution in [2.75, 3.05) is 20.8 Å². The molecule has 0 aliphatic carbocycles. The van der Waals surface area contributed by atoms with Crippen LogP contribution in [0.4, 0.5) is 0 Å². The van der Waals surface area contributed by atoms with E-state index in [0.717, 1.165) is 16.7 Å². The standard InChI is InChI=1S/C26H27NO6/c1-30-25-16-23(14-10-21(25)11-15-26(28)29)32-17-19-8-12-22(13-9-19)33-18-24(27-31-2)20-6-4-3-5-7-20/h3-10,12-14,16H,11,15,17-18H2,1-2H3,(H,28,29)/b27-24-. The van der Waals surface area contributed by atoms with Gasteiger partial charge >= 0.3 is 5.97 Å². The number of ether oxygens (including phenoxy) is 3. The van der Waals surface area contributed by atoms with Gasteiger partial charge in [0.05, 0.1) is 7.11 Å². The number of hydrogen-bond donors (Lipinski definition) is 1. The van der Waals surface area contributed by atoms with Crippen molar-refractivity contribution < 1.29 is 28.9 Å². The lowest BCUT2D eigenvalue weighted by Gasteiger charge is -2.12. The molecule has 0 aliphatic heterocycles. The maximum Gasteiger partial charge on any atom is 0.303 e. The van der Waals surface area contributed by atoms with Crippen LogP contribution in [-0.2, 0) is 22.7 Å². The fourth-order valence-electron chi connectivity index (χ4n) is 3.17. The number of hydrogen-bond acceptors (Lipinski definition) is 6. The van der Waals surface area contributed by atoms with E-state index in [1.807, 2.05) is 66.7 Å². The Hall–Kier alpha value is -4.00. The second kappa shape index (κ2) is 12.1. The summed E-state index contributed by atoms with van der Waals surface area (Å²) in [7, 11) is 3.07. The van der Waals surface area contributed by atoms with Gasteiger partial charge in [0.1, 0.15) is 43.3 Å². The number of aliphatic carboxylic acids is 1. The van der Waals surface area contributed by atoms with E-state index < -0.39 is 5.97 Å². The molecule has 3 aromatic rings. The van der Waals surface area contributed by atoms with Gasteiger partial charge in [0.25, 0.3) is 0 Å². The molecule has 0 radical (unpaired) electrons. The van der Waals surface area contributed by atoms with Gasteiger partial charge in [0, 0.05) is 18.1 Å². The molecule has 0 heterocycles.